The smallest absolute Gasteiger partial charge is 0.216 e. The van der Waals surface area contributed by atoms with Crippen LogP contribution in [0.1, 0.15) is 47.5 Å². The normalized spacial score (nSPS) is 23.4. The molecule has 0 saturated carbocycles. The van der Waals surface area contributed by atoms with Crippen molar-refractivity contribution in [1.29, 1.82) is 0 Å². The highest BCUT2D eigenvalue weighted by atomic mass is 16.1. The van der Waals surface area contributed by atoms with Gasteiger partial charge < -0.3 is 16.0 Å². The second kappa shape index (κ2) is 5.36. The van der Waals surface area contributed by atoms with Crippen molar-refractivity contribution in [2.45, 2.75) is 64.6 Å². The van der Waals surface area contributed by atoms with Crippen LogP contribution in [0, 0.1) is 0 Å². The summed E-state index contributed by atoms with van der Waals surface area (Å²) in [6.45, 7) is 12.1. The molecule has 0 radical (unpaired) electrons. The molecule has 4 nitrogen and oxygen atoms in total. The van der Waals surface area contributed by atoms with Crippen molar-refractivity contribution >= 4 is 5.91 Å². The maximum absolute atomic E-state index is 10.8. The third-order valence-electron chi connectivity index (χ3n) is 3.12. The second-order valence-corrected chi connectivity index (χ2v) is 6.44. The minimum atomic E-state index is 0.0396. The van der Waals surface area contributed by atoms with E-state index in [-0.39, 0.29) is 17.0 Å². The molecule has 100 valence electrons. The molecule has 17 heavy (non-hydrogen) atoms. The highest BCUT2D eigenvalue weighted by molar-refractivity contribution is 5.72. The molecule has 0 atom stereocenters. The van der Waals surface area contributed by atoms with Gasteiger partial charge in [-0.25, -0.2) is 0 Å². The van der Waals surface area contributed by atoms with Crippen molar-refractivity contribution < 1.29 is 4.79 Å². The minimum Gasteiger partial charge on any atom is -0.355 e. The number of hydrogen-bond acceptors (Lipinski definition) is 3. The predicted molar refractivity (Wildman–Crippen MR) is 71.0 cm³/mol. The van der Waals surface area contributed by atoms with Gasteiger partial charge in [0.2, 0.25) is 5.91 Å². The zero-order chi connectivity index (χ0) is 13.1. The van der Waals surface area contributed by atoms with Gasteiger partial charge >= 0.3 is 0 Å². The standard InChI is InChI=1S/C13H27N3O/c1-10(17)14-6-7-15-11-8-12(2,3)16-13(4,5)9-11/h11,15-16H,6-9H2,1-5H3,(H,14,17). The molecule has 1 aliphatic heterocycles. The van der Waals surface area contributed by atoms with E-state index in [1.807, 2.05) is 0 Å². The summed E-state index contributed by atoms with van der Waals surface area (Å²) >= 11 is 0. The van der Waals surface area contributed by atoms with Gasteiger partial charge in [-0.05, 0) is 40.5 Å². The second-order valence-electron chi connectivity index (χ2n) is 6.44. The molecular weight excluding hydrogens is 214 g/mol. The monoisotopic (exact) mass is 241 g/mol. The minimum absolute atomic E-state index is 0.0396. The molecule has 1 heterocycles. The van der Waals surface area contributed by atoms with Crippen molar-refractivity contribution in [3.05, 3.63) is 0 Å². The van der Waals surface area contributed by atoms with Gasteiger partial charge in [0.05, 0.1) is 0 Å². The number of rotatable bonds is 4. The SMILES string of the molecule is CC(=O)NCCNC1CC(C)(C)NC(C)(C)C1. The summed E-state index contributed by atoms with van der Waals surface area (Å²) < 4.78 is 0. The first-order valence-electron chi connectivity index (χ1n) is 6.47. The number of piperidine rings is 1. The van der Waals surface area contributed by atoms with Crippen molar-refractivity contribution in [1.82, 2.24) is 16.0 Å². The summed E-state index contributed by atoms with van der Waals surface area (Å²) in [6.07, 6.45) is 2.24. The average Bonchev–Trinajstić information content (AvgIpc) is 2.06. The Kier molecular flexibility index (Phi) is 4.55. The van der Waals surface area contributed by atoms with Crippen LogP contribution >= 0.6 is 0 Å². The average molecular weight is 241 g/mol. The van der Waals surface area contributed by atoms with E-state index in [1.165, 1.54) is 0 Å². The van der Waals surface area contributed by atoms with Gasteiger partial charge in [0.25, 0.3) is 0 Å². The number of carbonyl (C=O) groups is 1. The van der Waals surface area contributed by atoms with Crippen LogP contribution in [-0.2, 0) is 4.79 Å². The van der Waals surface area contributed by atoms with Crippen LogP contribution in [-0.4, -0.2) is 36.1 Å². The number of nitrogens with one attached hydrogen (secondary N) is 3. The fraction of sp³-hybridized carbons (Fsp3) is 0.923. The topological polar surface area (TPSA) is 53.2 Å². The number of carbonyl (C=O) groups excluding carboxylic acids is 1. The number of amides is 1. The first-order valence-corrected chi connectivity index (χ1v) is 6.47. The predicted octanol–water partition coefficient (Wildman–Crippen LogP) is 1.02. The lowest BCUT2D eigenvalue weighted by Gasteiger charge is -2.46. The largest absolute Gasteiger partial charge is 0.355 e. The van der Waals surface area contributed by atoms with E-state index in [4.69, 9.17) is 0 Å². The Balaban J connectivity index is 2.35. The van der Waals surface area contributed by atoms with Crippen molar-refractivity contribution in [2.24, 2.45) is 0 Å². The maximum Gasteiger partial charge on any atom is 0.216 e. The molecule has 1 fully saturated rings. The third-order valence-corrected chi connectivity index (χ3v) is 3.12. The summed E-state index contributed by atoms with van der Waals surface area (Å²) in [4.78, 5) is 10.8. The zero-order valence-corrected chi connectivity index (χ0v) is 11.8. The van der Waals surface area contributed by atoms with E-state index in [2.05, 4.69) is 43.6 Å². The van der Waals surface area contributed by atoms with Gasteiger partial charge in [0.15, 0.2) is 0 Å². The van der Waals surface area contributed by atoms with E-state index in [9.17, 15) is 4.79 Å². The lowest BCUT2D eigenvalue weighted by atomic mass is 9.79. The van der Waals surface area contributed by atoms with Crippen molar-refractivity contribution in [3.8, 4) is 0 Å². The Morgan fingerprint density at radius 1 is 1.18 bits per heavy atom. The van der Waals surface area contributed by atoms with Crippen LogP contribution < -0.4 is 16.0 Å². The molecule has 0 aromatic carbocycles. The summed E-state index contributed by atoms with van der Waals surface area (Å²) in [6, 6.07) is 0.523. The van der Waals surface area contributed by atoms with Crippen molar-refractivity contribution in [2.75, 3.05) is 13.1 Å². The molecule has 3 N–H and O–H groups in total. The zero-order valence-electron chi connectivity index (χ0n) is 11.8. The van der Waals surface area contributed by atoms with E-state index >= 15 is 0 Å². The Hall–Kier alpha value is -0.610. The first kappa shape index (κ1) is 14.5. The Bertz CT molecular complexity index is 258. The molecule has 4 heteroatoms. The van der Waals surface area contributed by atoms with Gasteiger partial charge in [-0.3, -0.25) is 4.79 Å². The van der Waals surface area contributed by atoms with Gasteiger partial charge in [0, 0.05) is 37.1 Å². The summed E-state index contributed by atoms with van der Waals surface area (Å²) in [5.41, 5.74) is 0.348. The molecule has 0 aromatic heterocycles. The Morgan fingerprint density at radius 3 is 2.18 bits per heavy atom. The molecule has 0 aromatic rings. The van der Waals surface area contributed by atoms with Gasteiger partial charge in [-0.1, -0.05) is 0 Å². The Morgan fingerprint density at radius 2 is 1.71 bits per heavy atom. The van der Waals surface area contributed by atoms with Crippen LogP contribution in [0.4, 0.5) is 0 Å². The van der Waals surface area contributed by atoms with Gasteiger partial charge in [-0.2, -0.15) is 0 Å². The fourth-order valence-corrected chi connectivity index (χ4v) is 2.98. The molecule has 0 aliphatic carbocycles. The van der Waals surface area contributed by atoms with E-state index in [0.29, 0.717) is 12.6 Å². The first-order chi connectivity index (χ1) is 7.70. The molecule has 0 unspecified atom stereocenters. The lowest BCUT2D eigenvalue weighted by molar-refractivity contribution is -0.118. The molecule has 1 rings (SSSR count). The molecule has 1 saturated heterocycles. The van der Waals surface area contributed by atoms with Crippen LogP contribution in [0.25, 0.3) is 0 Å². The summed E-state index contributed by atoms with van der Waals surface area (Å²) in [7, 11) is 0. The van der Waals surface area contributed by atoms with E-state index in [1.54, 1.807) is 6.92 Å². The highest BCUT2D eigenvalue weighted by Gasteiger charge is 2.37. The summed E-state index contributed by atoms with van der Waals surface area (Å²) in [5, 5.41) is 10.0. The highest BCUT2D eigenvalue weighted by Crippen LogP contribution is 2.28. The third kappa shape index (κ3) is 5.50. The molecule has 0 spiro atoms. The lowest BCUT2D eigenvalue weighted by Crippen LogP contribution is -2.62. The molecular formula is C13H27N3O. The van der Waals surface area contributed by atoms with Crippen LogP contribution in [0.5, 0.6) is 0 Å². The molecule has 0 bridgehead atoms. The van der Waals surface area contributed by atoms with E-state index in [0.717, 1.165) is 19.4 Å². The number of hydrogen-bond donors (Lipinski definition) is 3. The summed E-state index contributed by atoms with van der Waals surface area (Å²) in [5.74, 6) is 0.0396. The van der Waals surface area contributed by atoms with Gasteiger partial charge in [-0.15, -0.1) is 0 Å². The van der Waals surface area contributed by atoms with Crippen LogP contribution in [0.2, 0.25) is 0 Å². The quantitative estimate of drug-likeness (QED) is 0.644. The van der Waals surface area contributed by atoms with E-state index < -0.39 is 0 Å². The van der Waals surface area contributed by atoms with Gasteiger partial charge in [0.1, 0.15) is 0 Å². The van der Waals surface area contributed by atoms with Crippen molar-refractivity contribution in [3.63, 3.8) is 0 Å². The van der Waals surface area contributed by atoms with Crippen LogP contribution in [0.3, 0.4) is 0 Å². The molecule has 1 aliphatic rings. The Labute approximate surface area is 105 Å². The van der Waals surface area contributed by atoms with Crippen LogP contribution in [0.15, 0.2) is 0 Å². The molecule has 1 amide bonds. The fourth-order valence-electron chi connectivity index (χ4n) is 2.98. The maximum atomic E-state index is 10.8.